The number of fused-ring (bicyclic) bond motifs is 1. The Labute approximate surface area is 214 Å². The predicted octanol–water partition coefficient (Wildman–Crippen LogP) is 4.88. The molecule has 9 heteroatoms. The van der Waals surface area contributed by atoms with Gasteiger partial charge < -0.3 is 14.6 Å². The minimum atomic E-state index is -3.75. The molecule has 7 nitrogen and oxygen atoms in total. The van der Waals surface area contributed by atoms with E-state index in [1.54, 1.807) is 24.2 Å². The van der Waals surface area contributed by atoms with Gasteiger partial charge in [0.15, 0.2) is 9.84 Å². The second-order valence-electron chi connectivity index (χ2n) is 8.94. The van der Waals surface area contributed by atoms with E-state index in [1.165, 1.54) is 12.1 Å². The zero-order valence-electron chi connectivity index (χ0n) is 20.5. The lowest BCUT2D eigenvalue weighted by atomic mass is 10.00. The lowest BCUT2D eigenvalue weighted by molar-refractivity contribution is 0.0731. The Bertz CT molecular complexity index is 1570. The Kier molecular flexibility index (Phi) is 6.55. The molecule has 4 aromatic rings. The average Bonchev–Trinajstić information content (AvgIpc) is 3.34. The Morgan fingerprint density at radius 1 is 1.08 bits per heavy atom. The van der Waals surface area contributed by atoms with Crippen LogP contribution >= 0.6 is 0 Å². The number of halogens is 1. The van der Waals surface area contributed by atoms with Crippen LogP contribution in [-0.4, -0.2) is 48.6 Å². The fraction of sp³-hybridized carbons (Fsp3) is 0.214. The maximum atomic E-state index is 15.1. The summed E-state index contributed by atoms with van der Waals surface area (Å²) < 4.78 is 44.9. The highest BCUT2D eigenvalue weighted by Gasteiger charge is 2.27. The molecule has 37 heavy (non-hydrogen) atoms. The van der Waals surface area contributed by atoms with Crippen molar-refractivity contribution in [1.82, 2.24) is 14.9 Å². The van der Waals surface area contributed by atoms with E-state index < -0.39 is 20.5 Å². The van der Waals surface area contributed by atoms with E-state index in [-0.39, 0.29) is 30.0 Å². The fourth-order valence-electron chi connectivity index (χ4n) is 4.59. The zero-order chi connectivity index (χ0) is 26.2. The summed E-state index contributed by atoms with van der Waals surface area (Å²) in [6, 6.07) is 16.5. The van der Waals surface area contributed by atoms with Gasteiger partial charge in [-0.3, -0.25) is 4.79 Å². The topological polar surface area (TPSA) is 92.4 Å². The molecule has 0 saturated carbocycles. The Hall–Kier alpha value is -3.98. The lowest BCUT2D eigenvalue weighted by Gasteiger charge is -2.22. The molecule has 0 atom stereocenters. The Morgan fingerprint density at radius 2 is 1.81 bits per heavy atom. The van der Waals surface area contributed by atoms with Gasteiger partial charge in [-0.2, -0.15) is 0 Å². The molecule has 1 amide bonds. The number of carbonyl (C=O) groups is 1. The van der Waals surface area contributed by atoms with Gasteiger partial charge >= 0.3 is 0 Å². The third kappa shape index (κ3) is 4.86. The van der Waals surface area contributed by atoms with Crippen molar-refractivity contribution in [2.24, 2.45) is 0 Å². The number of amides is 1. The number of ether oxygens (including phenoxy) is 1. The van der Waals surface area contributed by atoms with Gasteiger partial charge in [-0.1, -0.05) is 37.3 Å². The third-order valence-corrected chi connectivity index (χ3v) is 7.62. The summed E-state index contributed by atoms with van der Waals surface area (Å²) in [6.07, 6.45) is 4.63. The number of nitrogens with one attached hydrogen (secondary N) is 1. The van der Waals surface area contributed by atoms with Gasteiger partial charge in [0.1, 0.15) is 28.9 Å². The van der Waals surface area contributed by atoms with Crippen LogP contribution in [0.5, 0.6) is 5.75 Å². The highest BCUT2D eigenvalue weighted by Crippen LogP contribution is 2.31. The fourth-order valence-corrected chi connectivity index (χ4v) is 5.36. The van der Waals surface area contributed by atoms with Crippen LogP contribution in [0.25, 0.3) is 22.5 Å². The van der Waals surface area contributed by atoms with Crippen molar-refractivity contribution >= 4 is 15.7 Å². The molecule has 3 aromatic carbocycles. The van der Waals surface area contributed by atoms with Crippen molar-refractivity contribution in [1.29, 1.82) is 0 Å². The highest BCUT2D eigenvalue weighted by molar-refractivity contribution is 7.90. The number of carbonyl (C=O) groups excluding carboxylic acids is 1. The summed E-state index contributed by atoms with van der Waals surface area (Å²) in [7, 11) is -3.75. The molecule has 0 spiro atoms. The van der Waals surface area contributed by atoms with Crippen molar-refractivity contribution in [2.45, 2.75) is 24.8 Å². The van der Waals surface area contributed by atoms with Gasteiger partial charge in [-0.05, 0) is 41.8 Å². The van der Waals surface area contributed by atoms with E-state index in [4.69, 9.17) is 4.74 Å². The Morgan fingerprint density at radius 3 is 2.49 bits per heavy atom. The maximum absolute atomic E-state index is 15.1. The normalized spacial score (nSPS) is 13.5. The molecule has 0 bridgehead atoms. The van der Waals surface area contributed by atoms with Crippen LogP contribution in [0.1, 0.15) is 28.4 Å². The molecule has 1 aliphatic rings. The molecule has 1 N–H and O–H groups in total. The van der Waals surface area contributed by atoms with Gasteiger partial charge in [0.2, 0.25) is 0 Å². The first-order chi connectivity index (χ1) is 17.8. The SMILES string of the molecule is CCc1c(C(=O)N2CCOc3ccc(-c4ccc(-c5ncc[nH]5)cc4)cc3C2)ccc(S(C)(=O)=O)c1F. The lowest BCUT2D eigenvalue weighted by Crippen LogP contribution is -2.33. The van der Waals surface area contributed by atoms with Gasteiger partial charge in [0, 0.05) is 47.4 Å². The van der Waals surface area contributed by atoms with E-state index in [2.05, 4.69) is 9.97 Å². The van der Waals surface area contributed by atoms with Crippen molar-refractivity contribution in [2.75, 3.05) is 19.4 Å². The molecule has 1 aliphatic heterocycles. The number of hydrogen-bond acceptors (Lipinski definition) is 5. The molecule has 2 heterocycles. The van der Waals surface area contributed by atoms with Crippen molar-refractivity contribution < 1.29 is 22.3 Å². The van der Waals surface area contributed by atoms with Crippen LogP contribution < -0.4 is 4.74 Å². The van der Waals surface area contributed by atoms with Crippen molar-refractivity contribution in [3.05, 3.63) is 89.5 Å². The summed E-state index contributed by atoms with van der Waals surface area (Å²) in [6.45, 7) is 2.59. The number of benzene rings is 3. The number of aromatic amines is 1. The van der Waals surface area contributed by atoms with E-state index in [0.717, 1.165) is 34.3 Å². The van der Waals surface area contributed by atoms with Crippen LogP contribution in [0.2, 0.25) is 0 Å². The zero-order valence-corrected chi connectivity index (χ0v) is 21.3. The quantitative estimate of drug-likeness (QED) is 0.406. The standard InChI is InChI=1S/C28H26FN3O4S/c1-3-22-23(9-11-25(26(22)29)37(2,34)35)28(33)32-14-15-36-24-10-8-20(16-21(24)17-32)18-4-6-19(7-5-18)27-30-12-13-31-27/h4-13,16H,3,14-15,17H2,1-2H3,(H,30,31). The van der Waals surface area contributed by atoms with Gasteiger partial charge in [0.25, 0.3) is 5.91 Å². The summed E-state index contributed by atoms with van der Waals surface area (Å²) in [5.74, 6) is 0.270. The average molecular weight is 520 g/mol. The summed E-state index contributed by atoms with van der Waals surface area (Å²) in [4.78, 5) is 22.1. The minimum absolute atomic E-state index is 0.101. The predicted molar refractivity (Wildman–Crippen MR) is 139 cm³/mol. The summed E-state index contributed by atoms with van der Waals surface area (Å²) in [5, 5.41) is 0. The van der Waals surface area contributed by atoms with Gasteiger partial charge in [-0.15, -0.1) is 0 Å². The first-order valence-corrected chi connectivity index (χ1v) is 13.8. The largest absolute Gasteiger partial charge is 0.491 e. The number of aromatic nitrogens is 2. The van der Waals surface area contributed by atoms with Gasteiger partial charge in [-0.25, -0.2) is 17.8 Å². The summed E-state index contributed by atoms with van der Waals surface area (Å²) in [5.41, 5.74) is 4.06. The molecular formula is C28H26FN3O4S. The molecule has 0 radical (unpaired) electrons. The first-order valence-electron chi connectivity index (χ1n) is 11.9. The van der Waals surface area contributed by atoms with E-state index >= 15 is 4.39 Å². The van der Waals surface area contributed by atoms with Crippen LogP contribution in [0, 0.1) is 5.82 Å². The monoisotopic (exact) mass is 519 g/mol. The second-order valence-corrected chi connectivity index (χ2v) is 10.9. The summed E-state index contributed by atoms with van der Waals surface area (Å²) >= 11 is 0. The number of imidazole rings is 1. The van der Waals surface area contributed by atoms with E-state index in [9.17, 15) is 13.2 Å². The number of sulfone groups is 1. The van der Waals surface area contributed by atoms with Crippen LogP contribution in [-0.2, 0) is 22.8 Å². The molecule has 0 unspecified atom stereocenters. The molecule has 190 valence electrons. The number of rotatable bonds is 5. The van der Waals surface area contributed by atoms with Crippen LogP contribution in [0.15, 0.2) is 71.9 Å². The number of hydrogen-bond donors (Lipinski definition) is 1. The number of H-pyrrole nitrogens is 1. The smallest absolute Gasteiger partial charge is 0.254 e. The molecular weight excluding hydrogens is 493 g/mol. The van der Waals surface area contributed by atoms with Gasteiger partial charge in [0.05, 0.1) is 6.54 Å². The maximum Gasteiger partial charge on any atom is 0.254 e. The molecule has 1 aromatic heterocycles. The van der Waals surface area contributed by atoms with E-state index in [0.29, 0.717) is 18.9 Å². The number of nitrogens with zero attached hydrogens (tertiary/aromatic N) is 2. The molecule has 0 saturated heterocycles. The second kappa shape index (κ2) is 9.82. The Balaban J connectivity index is 1.44. The third-order valence-electron chi connectivity index (χ3n) is 6.51. The molecule has 0 aliphatic carbocycles. The minimum Gasteiger partial charge on any atom is -0.491 e. The van der Waals surface area contributed by atoms with Crippen LogP contribution in [0.3, 0.4) is 0 Å². The van der Waals surface area contributed by atoms with Crippen LogP contribution in [0.4, 0.5) is 4.39 Å². The first kappa shape index (κ1) is 24.7. The van der Waals surface area contributed by atoms with E-state index in [1.807, 2.05) is 42.5 Å². The van der Waals surface area contributed by atoms with Crippen molar-refractivity contribution in [3.8, 4) is 28.3 Å². The molecule has 0 fully saturated rings. The molecule has 5 rings (SSSR count). The van der Waals surface area contributed by atoms with Crippen molar-refractivity contribution in [3.63, 3.8) is 0 Å². The highest BCUT2D eigenvalue weighted by atomic mass is 32.2.